The summed E-state index contributed by atoms with van der Waals surface area (Å²) in [6, 6.07) is 6.99. The van der Waals surface area contributed by atoms with Crippen molar-refractivity contribution < 1.29 is 4.42 Å². The van der Waals surface area contributed by atoms with Gasteiger partial charge < -0.3 is 9.73 Å². The Kier molecular flexibility index (Phi) is 4.87. The summed E-state index contributed by atoms with van der Waals surface area (Å²) in [5.41, 5.74) is 3.67. The van der Waals surface area contributed by atoms with E-state index in [4.69, 9.17) is 4.42 Å². The number of hydrogen-bond acceptors (Lipinski definition) is 2. The quantitative estimate of drug-likeness (QED) is 0.771. The number of rotatable bonds is 6. The first-order valence-corrected chi connectivity index (χ1v) is 7.84. The summed E-state index contributed by atoms with van der Waals surface area (Å²) < 4.78 is 6.19. The number of benzene rings is 1. The summed E-state index contributed by atoms with van der Waals surface area (Å²) in [5.74, 6) is 1.60. The highest BCUT2D eigenvalue weighted by Crippen LogP contribution is 2.33. The molecule has 0 saturated heterocycles. The summed E-state index contributed by atoms with van der Waals surface area (Å²) >= 11 is 0. The Hall–Kier alpha value is -1.28. The van der Waals surface area contributed by atoms with Gasteiger partial charge in [-0.3, -0.25) is 0 Å². The highest BCUT2D eigenvalue weighted by molar-refractivity contribution is 5.85. The lowest BCUT2D eigenvalue weighted by Crippen LogP contribution is -2.20. The van der Waals surface area contributed by atoms with Gasteiger partial charge in [-0.25, -0.2) is 0 Å². The van der Waals surface area contributed by atoms with Crippen molar-refractivity contribution >= 4 is 11.0 Å². The number of fused-ring (bicyclic) bond motifs is 1. The zero-order chi connectivity index (χ0) is 14.7. The van der Waals surface area contributed by atoms with Gasteiger partial charge in [0.2, 0.25) is 0 Å². The minimum Gasteiger partial charge on any atom is -0.459 e. The molecule has 0 fully saturated rings. The Labute approximate surface area is 122 Å². The van der Waals surface area contributed by atoms with E-state index in [0.717, 1.165) is 30.7 Å². The molecule has 2 aromatic rings. The van der Waals surface area contributed by atoms with E-state index in [9.17, 15) is 0 Å². The average Bonchev–Trinajstić information content (AvgIpc) is 2.84. The highest BCUT2D eigenvalue weighted by Gasteiger charge is 2.18. The van der Waals surface area contributed by atoms with Gasteiger partial charge in [0.15, 0.2) is 0 Å². The first kappa shape index (κ1) is 15.1. The normalized spacial score (nSPS) is 13.3. The van der Waals surface area contributed by atoms with Crippen LogP contribution in [0.3, 0.4) is 0 Å². The molecule has 0 aliphatic rings. The Morgan fingerprint density at radius 1 is 1.20 bits per heavy atom. The van der Waals surface area contributed by atoms with Crippen molar-refractivity contribution in [3.8, 4) is 0 Å². The van der Waals surface area contributed by atoms with E-state index < -0.39 is 0 Å². The fourth-order valence-electron chi connectivity index (χ4n) is 2.85. The van der Waals surface area contributed by atoms with Crippen molar-refractivity contribution in [2.45, 2.75) is 59.4 Å². The maximum atomic E-state index is 6.19. The number of nitrogens with one attached hydrogen (secondary N) is 1. The van der Waals surface area contributed by atoms with Crippen molar-refractivity contribution in [3.05, 3.63) is 35.1 Å². The molecule has 0 aliphatic heterocycles. The van der Waals surface area contributed by atoms with E-state index in [0.29, 0.717) is 12.0 Å². The first-order valence-electron chi connectivity index (χ1n) is 7.84. The SMILES string of the molecule is CCCC(NCC)c1cc2c(C(C)C)ccc(C)c2o1. The van der Waals surface area contributed by atoms with Crippen LogP contribution in [0.15, 0.2) is 22.6 Å². The summed E-state index contributed by atoms with van der Waals surface area (Å²) in [6.07, 6.45) is 2.27. The van der Waals surface area contributed by atoms with Crippen LogP contribution >= 0.6 is 0 Å². The molecule has 0 bridgehead atoms. The third-order valence-corrected chi connectivity index (χ3v) is 3.93. The minimum atomic E-state index is 0.330. The summed E-state index contributed by atoms with van der Waals surface area (Å²) in [5, 5.41) is 4.82. The molecule has 1 heterocycles. The predicted octanol–water partition coefficient (Wildman–Crippen LogP) is 5.32. The molecule has 1 aromatic carbocycles. The smallest absolute Gasteiger partial charge is 0.137 e. The van der Waals surface area contributed by atoms with Gasteiger partial charge >= 0.3 is 0 Å². The molecule has 2 heteroatoms. The van der Waals surface area contributed by atoms with Gasteiger partial charge in [-0.2, -0.15) is 0 Å². The molecule has 110 valence electrons. The van der Waals surface area contributed by atoms with E-state index in [1.54, 1.807) is 0 Å². The molecule has 0 radical (unpaired) electrons. The average molecular weight is 273 g/mol. The predicted molar refractivity (Wildman–Crippen MR) is 86.4 cm³/mol. The van der Waals surface area contributed by atoms with Crippen LogP contribution in [0.1, 0.15) is 69.4 Å². The monoisotopic (exact) mass is 273 g/mol. The molecule has 0 spiro atoms. The Morgan fingerprint density at radius 2 is 1.95 bits per heavy atom. The van der Waals surface area contributed by atoms with Crippen LogP contribution in [0.2, 0.25) is 0 Å². The van der Waals surface area contributed by atoms with Gasteiger partial charge in [0.25, 0.3) is 0 Å². The number of hydrogen-bond donors (Lipinski definition) is 1. The van der Waals surface area contributed by atoms with E-state index in [2.05, 4.69) is 58.1 Å². The molecule has 0 amide bonds. The number of aryl methyl sites for hydroxylation is 1. The largest absolute Gasteiger partial charge is 0.459 e. The maximum Gasteiger partial charge on any atom is 0.137 e. The zero-order valence-electron chi connectivity index (χ0n) is 13.4. The third-order valence-electron chi connectivity index (χ3n) is 3.93. The molecule has 1 unspecified atom stereocenters. The number of furan rings is 1. The molecule has 0 aliphatic carbocycles. The van der Waals surface area contributed by atoms with E-state index in [1.165, 1.54) is 16.5 Å². The Morgan fingerprint density at radius 3 is 2.55 bits per heavy atom. The molecule has 20 heavy (non-hydrogen) atoms. The van der Waals surface area contributed by atoms with Crippen LogP contribution in [0.25, 0.3) is 11.0 Å². The van der Waals surface area contributed by atoms with Gasteiger partial charge in [-0.15, -0.1) is 0 Å². The molecule has 1 N–H and O–H groups in total. The molecule has 1 aromatic heterocycles. The van der Waals surface area contributed by atoms with Crippen molar-refractivity contribution in [2.75, 3.05) is 6.54 Å². The van der Waals surface area contributed by atoms with Crippen molar-refractivity contribution in [1.29, 1.82) is 0 Å². The highest BCUT2D eigenvalue weighted by atomic mass is 16.3. The topological polar surface area (TPSA) is 25.2 Å². The van der Waals surface area contributed by atoms with Crippen LogP contribution in [-0.4, -0.2) is 6.54 Å². The molecule has 1 atom stereocenters. The standard InChI is InChI=1S/C18H27NO/c1-6-8-16(19-7-2)17-11-15-14(12(3)4)10-9-13(5)18(15)20-17/h9-12,16,19H,6-8H2,1-5H3. The van der Waals surface area contributed by atoms with E-state index >= 15 is 0 Å². The van der Waals surface area contributed by atoms with Gasteiger partial charge in [0.1, 0.15) is 11.3 Å². The lowest BCUT2D eigenvalue weighted by atomic mass is 9.97. The molecule has 2 rings (SSSR count). The molecule has 2 nitrogen and oxygen atoms in total. The second kappa shape index (κ2) is 6.45. The second-order valence-corrected chi connectivity index (χ2v) is 5.92. The fraction of sp³-hybridized carbons (Fsp3) is 0.556. The molecular weight excluding hydrogens is 246 g/mol. The second-order valence-electron chi connectivity index (χ2n) is 5.92. The van der Waals surface area contributed by atoms with Crippen molar-refractivity contribution in [2.24, 2.45) is 0 Å². The lowest BCUT2D eigenvalue weighted by Gasteiger charge is -2.13. The van der Waals surface area contributed by atoms with Crippen LogP contribution < -0.4 is 5.32 Å². The minimum absolute atomic E-state index is 0.330. The Balaban J connectivity index is 2.51. The lowest BCUT2D eigenvalue weighted by molar-refractivity contribution is 0.414. The summed E-state index contributed by atoms with van der Waals surface area (Å²) in [7, 11) is 0. The van der Waals surface area contributed by atoms with Gasteiger partial charge in [-0.05, 0) is 43.0 Å². The van der Waals surface area contributed by atoms with Crippen LogP contribution in [-0.2, 0) is 0 Å². The van der Waals surface area contributed by atoms with Gasteiger partial charge in [0, 0.05) is 5.39 Å². The van der Waals surface area contributed by atoms with Crippen molar-refractivity contribution in [3.63, 3.8) is 0 Å². The van der Waals surface area contributed by atoms with E-state index in [-0.39, 0.29) is 0 Å². The van der Waals surface area contributed by atoms with Crippen LogP contribution in [0, 0.1) is 6.92 Å². The Bertz CT molecular complexity index is 562. The van der Waals surface area contributed by atoms with Crippen LogP contribution in [0.5, 0.6) is 0 Å². The summed E-state index contributed by atoms with van der Waals surface area (Å²) in [4.78, 5) is 0. The fourth-order valence-corrected chi connectivity index (χ4v) is 2.85. The molecule has 0 saturated carbocycles. The van der Waals surface area contributed by atoms with Crippen LogP contribution in [0.4, 0.5) is 0 Å². The zero-order valence-corrected chi connectivity index (χ0v) is 13.4. The third kappa shape index (κ3) is 2.90. The van der Waals surface area contributed by atoms with Gasteiger partial charge in [0.05, 0.1) is 6.04 Å². The summed E-state index contributed by atoms with van der Waals surface area (Å²) in [6.45, 7) is 11.9. The first-order chi connectivity index (χ1) is 9.58. The van der Waals surface area contributed by atoms with Crippen molar-refractivity contribution in [1.82, 2.24) is 5.32 Å². The molecular formula is C18H27NO. The van der Waals surface area contributed by atoms with Gasteiger partial charge in [-0.1, -0.05) is 46.2 Å². The van der Waals surface area contributed by atoms with E-state index in [1.807, 2.05) is 0 Å². The maximum absolute atomic E-state index is 6.19.